The Balaban J connectivity index is 1.80. The van der Waals surface area contributed by atoms with Gasteiger partial charge >= 0.3 is 0 Å². The molecule has 2 aliphatic rings. The van der Waals surface area contributed by atoms with Crippen molar-refractivity contribution >= 4 is 5.91 Å². The second kappa shape index (κ2) is 5.27. The summed E-state index contributed by atoms with van der Waals surface area (Å²) in [5.74, 6) is 0.129. The molecule has 0 aliphatic carbocycles. The summed E-state index contributed by atoms with van der Waals surface area (Å²) < 4.78 is 5.64. The quantitative estimate of drug-likeness (QED) is 0.876. The van der Waals surface area contributed by atoms with Crippen molar-refractivity contribution in [2.45, 2.75) is 37.5 Å². The van der Waals surface area contributed by atoms with E-state index >= 15 is 0 Å². The van der Waals surface area contributed by atoms with Crippen LogP contribution in [0.3, 0.4) is 0 Å². The summed E-state index contributed by atoms with van der Waals surface area (Å²) in [6, 6.07) is 3.69. The van der Waals surface area contributed by atoms with Gasteiger partial charge in [-0.25, -0.2) is 0 Å². The Morgan fingerprint density at radius 1 is 1.42 bits per heavy atom. The van der Waals surface area contributed by atoms with Gasteiger partial charge in [0.2, 0.25) is 5.91 Å². The minimum absolute atomic E-state index is 0.0419. The molecule has 102 valence electrons. The molecule has 2 aliphatic heterocycles. The van der Waals surface area contributed by atoms with Crippen molar-refractivity contribution in [2.75, 3.05) is 13.2 Å². The molecule has 19 heavy (non-hydrogen) atoms. The van der Waals surface area contributed by atoms with Crippen LogP contribution in [0.15, 0.2) is 24.5 Å². The Morgan fingerprint density at radius 3 is 2.89 bits per heavy atom. The summed E-state index contributed by atoms with van der Waals surface area (Å²) in [6.45, 7) is 1.46. The van der Waals surface area contributed by atoms with Crippen LogP contribution in [0.4, 0.5) is 0 Å². The zero-order chi connectivity index (χ0) is 13.2. The molecule has 0 saturated carbocycles. The lowest BCUT2D eigenvalue weighted by atomic mass is 10.0. The molecule has 3 unspecified atom stereocenters. The number of amides is 1. The van der Waals surface area contributed by atoms with Gasteiger partial charge in [0.15, 0.2) is 0 Å². The average molecular weight is 261 g/mol. The molecule has 0 spiro atoms. The number of hydrogen-bond acceptors (Lipinski definition) is 4. The van der Waals surface area contributed by atoms with Gasteiger partial charge in [0.1, 0.15) is 0 Å². The fraction of sp³-hybridized carbons (Fsp3) is 0.571. The first-order valence-corrected chi connectivity index (χ1v) is 6.82. The number of likely N-dealkylation sites (tertiary alicyclic amines) is 1. The molecule has 3 heterocycles. The highest BCUT2D eigenvalue weighted by atomic mass is 16.5. The van der Waals surface area contributed by atoms with Gasteiger partial charge in [-0.05, 0) is 30.5 Å². The number of rotatable bonds is 3. The number of nitrogens with two attached hydrogens (primary N) is 1. The Kier molecular flexibility index (Phi) is 3.48. The van der Waals surface area contributed by atoms with Crippen molar-refractivity contribution in [3.05, 3.63) is 30.1 Å². The van der Waals surface area contributed by atoms with Crippen LogP contribution in [0.25, 0.3) is 0 Å². The first kappa shape index (κ1) is 12.6. The van der Waals surface area contributed by atoms with Crippen molar-refractivity contribution in [1.82, 2.24) is 9.88 Å². The highest BCUT2D eigenvalue weighted by Crippen LogP contribution is 2.32. The van der Waals surface area contributed by atoms with Crippen molar-refractivity contribution < 1.29 is 9.53 Å². The van der Waals surface area contributed by atoms with Crippen molar-refractivity contribution in [2.24, 2.45) is 5.73 Å². The minimum Gasteiger partial charge on any atom is -0.376 e. The van der Waals surface area contributed by atoms with Crippen LogP contribution in [0.1, 0.15) is 30.9 Å². The largest absolute Gasteiger partial charge is 0.376 e. The molecule has 2 saturated heterocycles. The topological polar surface area (TPSA) is 68.5 Å². The fourth-order valence-electron chi connectivity index (χ4n) is 3.03. The van der Waals surface area contributed by atoms with Gasteiger partial charge in [0.25, 0.3) is 0 Å². The van der Waals surface area contributed by atoms with E-state index in [-0.39, 0.29) is 24.1 Å². The number of carbonyl (C=O) groups is 1. The third-order valence-electron chi connectivity index (χ3n) is 3.94. The Hall–Kier alpha value is -1.46. The van der Waals surface area contributed by atoms with E-state index in [0.29, 0.717) is 13.0 Å². The molecule has 5 nitrogen and oxygen atoms in total. The van der Waals surface area contributed by atoms with Crippen molar-refractivity contribution in [3.63, 3.8) is 0 Å². The van der Waals surface area contributed by atoms with Crippen LogP contribution >= 0.6 is 0 Å². The highest BCUT2D eigenvalue weighted by Gasteiger charge is 2.39. The summed E-state index contributed by atoms with van der Waals surface area (Å²) in [6.07, 6.45) is 6.18. The van der Waals surface area contributed by atoms with Gasteiger partial charge < -0.3 is 15.4 Å². The van der Waals surface area contributed by atoms with Crippen LogP contribution in [0, 0.1) is 0 Å². The van der Waals surface area contributed by atoms with Gasteiger partial charge in [0, 0.05) is 38.0 Å². The predicted octanol–water partition coefficient (Wildman–Crippen LogP) is 0.861. The Bertz CT molecular complexity index is 445. The summed E-state index contributed by atoms with van der Waals surface area (Å²) in [5, 5.41) is 0. The number of hydrogen-bond donors (Lipinski definition) is 1. The third-order valence-corrected chi connectivity index (χ3v) is 3.94. The summed E-state index contributed by atoms with van der Waals surface area (Å²) >= 11 is 0. The summed E-state index contributed by atoms with van der Waals surface area (Å²) in [4.78, 5) is 18.0. The van der Waals surface area contributed by atoms with E-state index in [1.807, 2.05) is 17.0 Å². The molecule has 1 aromatic rings. The predicted molar refractivity (Wildman–Crippen MR) is 70.3 cm³/mol. The molecule has 0 aromatic carbocycles. The van der Waals surface area contributed by atoms with E-state index in [1.54, 1.807) is 12.4 Å². The van der Waals surface area contributed by atoms with Gasteiger partial charge in [-0.1, -0.05) is 0 Å². The van der Waals surface area contributed by atoms with Gasteiger partial charge in [-0.3, -0.25) is 9.78 Å². The third kappa shape index (κ3) is 2.48. The van der Waals surface area contributed by atoms with Crippen molar-refractivity contribution in [1.29, 1.82) is 0 Å². The SMILES string of the molecule is NC1CC(=O)N(CC2CCCO2)C1c1ccncc1. The lowest BCUT2D eigenvalue weighted by Crippen LogP contribution is -2.38. The van der Waals surface area contributed by atoms with Gasteiger partial charge in [-0.15, -0.1) is 0 Å². The molecular weight excluding hydrogens is 242 g/mol. The first-order valence-electron chi connectivity index (χ1n) is 6.82. The Morgan fingerprint density at radius 2 is 2.21 bits per heavy atom. The molecule has 3 atom stereocenters. The maximum absolute atomic E-state index is 12.1. The van der Waals surface area contributed by atoms with E-state index in [2.05, 4.69) is 4.98 Å². The smallest absolute Gasteiger partial charge is 0.224 e. The van der Waals surface area contributed by atoms with E-state index in [0.717, 1.165) is 25.0 Å². The number of nitrogens with zero attached hydrogens (tertiary/aromatic N) is 2. The first-order chi connectivity index (χ1) is 9.25. The number of pyridine rings is 1. The maximum Gasteiger partial charge on any atom is 0.224 e. The normalized spacial score (nSPS) is 31.1. The van der Waals surface area contributed by atoms with Crippen LogP contribution in [-0.4, -0.2) is 41.1 Å². The van der Waals surface area contributed by atoms with E-state index < -0.39 is 0 Å². The molecule has 2 fully saturated rings. The molecule has 0 radical (unpaired) electrons. The lowest BCUT2D eigenvalue weighted by molar-refractivity contribution is -0.130. The zero-order valence-corrected chi connectivity index (χ0v) is 10.9. The van der Waals surface area contributed by atoms with Crippen LogP contribution in [0.2, 0.25) is 0 Å². The standard InChI is InChI=1S/C14H19N3O2/c15-12-8-13(18)17(9-11-2-1-7-19-11)14(12)10-3-5-16-6-4-10/h3-6,11-12,14H,1-2,7-9,15H2. The van der Waals surface area contributed by atoms with Gasteiger partial charge in [0.05, 0.1) is 12.1 Å². The average Bonchev–Trinajstić information content (AvgIpc) is 3.00. The second-order valence-electron chi connectivity index (χ2n) is 5.27. The number of aromatic nitrogens is 1. The minimum atomic E-state index is -0.142. The summed E-state index contributed by atoms with van der Waals surface area (Å²) in [5.41, 5.74) is 7.20. The van der Waals surface area contributed by atoms with E-state index in [9.17, 15) is 4.79 Å². The molecule has 2 N–H and O–H groups in total. The monoisotopic (exact) mass is 261 g/mol. The molecule has 5 heteroatoms. The lowest BCUT2D eigenvalue weighted by Gasteiger charge is -2.29. The summed E-state index contributed by atoms with van der Waals surface area (Å²) in [7, 11) is 0. The Labute approximate surface area is 112 Å². The van der Waals surface area contributed by atoms with Crippen LogP contribution in [0.5, 0.6) is 0 Å². The molecule has 1 amide bonds. The van der Waals surface area contributed by atoms with Crippen LogP contribution in [-0.2, 0) is 9.53 Å². The molecule has 3 rings (SSSR count). The van der Waals surface area contributed by atoms with E-state index in [4.69, 9.17) is 10.5 Å². The van der Waals surface area contributed by atoms with Crippen LogP contribution < -0.4 is 5.73 Å². The zero-order valence-electron chi connectivity index (χ0n) is 10.9. The second-order valence-corrected chi connectivity index (χ2v) is 5.27. The number of ether oxygens (including phenoxy) is 1. The fourth-order valence-corrected chi connectivity index (χ4v) is 3.03. The molecule has 1 aromatic heterocycles. The van der Waals surface area contributed by atoms with Gasteiger partial charge in [-0.2, -0.15) is 0 Å². The maximum atomic E-state index is 12.1. The highest BCUT2D eigenvalue weighted by molar-refractivity contribution is 5.80. The number of carbonyl (C=O) groups excluding carboxylic acids is 1. The molecule has 0 bridgehead atoms. The van der Waals surface area contributed by atoms with E-state index in [1.165, 1.54) is 0 Å². The molecular formula is C14H19N3O2. The van der Waals surface area contributed by atoms with Crippen molar-refractivity contribution in [3.8, 4) is 0 Å².